The van der Waals surface area contributed by atoms with E-state index in [0.29, 0.717) is 12.0 Å². The van der Waals surface area contributed by atoms with Crippen molar-refractivity contribution in [3.8, 4) is 0 Å². The highest BCUT2D eigenvalue weighted by Crippen LogP contribution is 2.31. The van der Waals surface area contributed by atoms with E-state index in [1.807, 2.05) is 18.7 Å². The molecule has 0 spiro atoms. The number of piperidine rings is 1. The van der Waals surface area contributed by atoms with Gasteiger partial charge in [-0.3, -0.25) is 10.1 Å². The normalized spacial score (nSPS) is 24.3. The summed E-state index contributed by atoms with van der Waals surface area (Å²) in [6.07, 6.45) is 2.46. The number of nitrogen functional groups attached to an aromatic ring is 1. The van der Waals surface area contributed by atoms with Crippen molar-refractivity contribution in [1.82, 2.24) is 9.78 Å². The fourth-order valence-corrected chi connectivity index (χ4v) is 2.93. The van der Waals surface area contributed by atoms with E-state index in [1.165, 1.54) is 12.8 Å². The Balaban J connectivity index is 2.46. The van der Waals surface area contributed by atoms with E-state index in [9.17, 15) is 0 Å². The molecule has 2 heterocycles. The first-order valence-electron chi connectivity index (χ1n) is 6.58. The number of rotatable bonds is 2. The Morgan fingerprint density at radius 1 is 1.44 bits per heavy atom. The van der Waals surface area contributed by atoms with Gasteiger partial charge in [0.15, 0.2) is 0 Å². The number of amidine groups is 1. The lowest BCUT2D eigenvalue weighted by molar-refractivity contribution is 0.358. The molecule has 0 amide bonds. The van der Waals surface area contributed by atoms with Crippen LogP contribution >= 0.6 is 0 Å². The highest BCUT2D eigenvalue weighted by atomic mass is 15.4. The minimum absolute atomic E-state index is 0.112. The van der Waals surface area contributed by atoms with Crippen molar-refractivity contribution < 1.29 is 0 Å². The van der Waals surface area contributed by atoms with Crippen LogP contribution in [-0.2, 0) is 7.05 Å². The maximum atomic E-state index is 7.76. The number of nitrogens with one attached hydrogen (secondary N) is 1. The maximum absolute atomic E-state index is 7.76. The summed E-state index contributed by atoms with van der Waals surface area (Å²) < 4.78 is 1.86. The molecular weight excluding hydrogens is 226 g/mol. The first-order chi connectivity index (χ1) is 8.43. The van der Waals surface area contributed by atoms with Crippen LogP contribution in [-0.4, -0.2) is 28.2 Å². The summed E-state index contributed by atoms with van der Waals surface area (Å²) >= 11 is 0. The van der Waals surface area contributed by atoms with Gasteiger partial charge in [-0.25, -0.2) is 0 Å². The number of nitrogens with two attached hydrogens (primary N) is 1. The van der Waals surface area contributed by atoms with Gasteiger partial charge in [-0.2, -0.15) is 5.10 Å². The molecule has 0 bridgehead atoms. The van der Waals surface area contributed by atoms with Gasteiger partial charge in [0, 0.05) is 19.6 Å². The summed E-state index contributed by atoms with van der Waals surface area (Å²) in [6, 6.07) is 0.464. The van der Waals surface area contributed by atoms with Crippen LogP contribution in [0, 0.1) is 18.3 Å². The Morgan fingerprint density at radius 2 is 2.11 bits per heavy atom. The van der Waals surface area contributed by atoms with Crippen LogP contribution in [0.3, 0.4) is 0 Å². The first kappa shape index (κ1) is 12.9. The zero-order valence-corrected chi connectivity index (χ0v) is 11.7. The molecular formula is C13H23N5. The molecule has 2 atom stereocenters. The number of hydrogen-bond acceptors (Lipinski definition) is 3. The zero-order valence-electron chi connectivity index (χ0n) is 11.7. The Hall–Kier alpha value is -1.52. The lowest BCUT2D eigenvalue weighted by atomic mass is 9.92. The van der Waals surface area contributed by atoms with Gasteiger partial charge in [0.05, 0.1) is 11.3 Å². The third-order valence-corrected chi connectivity index (χ3v) is 4.11. The van der Waals surface area contributed by atoms with Crippen molar-refractivity contribution in [3.63, 3.8) is 0 Å². The van der Waals surface area contributed by atoms with Crippen molar-refractivity contribution >= 4 is 11.7 Å². The third kappa shape index (κ3) is 1.98. The second kappa shape index (κ2) is 4.63. The van der Waals surface area contributed by atoms with Crippen LogP contribution in [0.25, 0.3) is 0 Å². The van der Waals surface area contributed by atoms with E-state index in [2.05, 4.69) is 23.8 Å². The van der Waals surface area contributed by atoms with Crippen molar-refractivity contribution in [2.24, 2.45) is 18.7 Å². The van der Waals surface area contributed by atoms with E-state index in [-0.39, 0.29) is 5.84 Å². The highest BCUT2D eigenvalue weighted by molar-refractivity contribution is 6.01. The third-order valence-electron chi connectivity index (χ3n) is 4.11. The van der Waals surface area contributed by atoms with E-state index < -0.39 is 0 Å². The van der Waals surface area contributed by atoms with E-state index in [1.54, 1.807) is 0 Å². The molecule has 0 saturated carbocycles. The van der Waals surface area contributed by atoms with Crippen LogP contribution < -0.4 is 10.6 Å². The molecule has 1 aromatic heterocycles. The first-order valence-corrected chi connectivity index (χ1v) is 6.58. The zero-order chi connectivity index (χ0) is 13.4. The van der Waals surface area contributed by atoms with Gasteiger partial charge in [0.25, 0.3) is 0 Å². The van der Waals surface area contributed by atoms with E-state index in [0.717, 1.165) is 23.6 Å². The average Bonchev–Trinajstić information content (AvgIpc) is 2.57. The molecule has 5 heteroatoms. The number of hydrogen-bond donors (Lipinski definition) is 2. The van der Waals surface area contributed by atoms with Gasteiger partial charge in [-0.05, 0) is 32.6 Å². The van der Waals surface area contributed by atoms with Gasteiger partial charge in [-0.1, -0.05) is 6.92 Å². The Kier molecular flexibility index (Phi) is 3.32. The molecule has 2 rings (SSSR count). The van der Waals surface area contributed by atoms with E-state index >= 15 is 0 Å². The summed E-state index contributed by atoms with van der Waals surface area (Å²) in [5.74, 6) is 1.77. The second-order valence-electron chi connectivity index (χ2n) is 5.37. The fraction of sp³-hybridized carbons (Fsp3) is 0.692. The average molecular weight is 249 g/mol. The molecule has 1 aromatic rings. The Bertz CT molecular complexity index is 462. The molecule has 100 valence electrons. The predicted molar refractivity (Wildman–Crippen MR) is 74.2 cm³/mol. The Labute approximate surface area is 108 Å². The molecule has 1 fully saturated rings. The van der Waals surface area contributed by atoms with Crippen molar-refractivity contribution in [2.75, 3.05) is 11.4 Å². The highest BCUT2D eigenvalue weighted by Gasteiger charge is 2.30. The lowest BCUT2D eigenvalue weighted by Gasteiger charge is -2.39. The molecule has 0 radical (unpaired) electrons. The Morgan fingerprint density at radius 3 is 2.72 bits per heavy atom. The van der Waals surface area contributed by atoms with E-state index in [4.69, 9.17) is 11.1 Å². The van der Waals surface area contributed by atoms with Crippen LogP contribution in [0.1, 0.15) is 37.9 Å². The number of aryl methyl sites for hydroxylation is 2. The van der Waals surface area contributed by atoms with Crippen LogP contribution in [0.5, 0.6) is 0 Å². The monoisotopic (exact) mass is 249 g/mol. The van der Waals surface area contributed by atoms with Crippen LogP contribution in [0.4, 0.5) is 5.82 Å². The molecule has 0 aromatic carbocycles. The molecule has 1 aliphatic rings. The summed E-state index contributed by atoms with van der Waals surface area (Å²) in [5, 5.41) is 12.2. The van der Waals surface area contributed by atoms with Crippen molar-refractivity contribution in [2.45, 2.75) is 39.7 Å². The van der Waals surface area contributed by atoms with Gasteiger partial charge in [-0.15, -0.1) is 0 Å². The topological polar surface area (TPSA) is 70.9 Å². The summed E-state index contributed by atoms with van der Waals surface area (Å²) in [7, 11) is 1.93. The van der Waals surface area contributed by atoms with Gasteiger partial charge in [0.1, 0.15) is 11.7 Å². The molecule has 2 unspecified atom stereocenters. The minimum Gasteiger partial charge on any atom is -0.384 e. The molecule has 1 saturated heterocycles. The molecule has 3 N–H and O–H groups in total. The largest absolute Gasteiger partial charge is 0.384 e. The number of anilines is 1. The fourth-order valence-electron chi connectivity index (χ4n) is 2.93. The van der Waals surface area contributed by atoms with Crippen molar-refractivity contribution in [1.29, 1.82) is 5.41 Å². The summed E-state index contributed by atoms with van der Waals surface area (Å²) in [4.78, 5) is 2.35. The SMILES string of the molecule is Cc1nn(C)c(N2CCCC(C)C2C)c1C(=N)N. The number of aromatic nitrogens is 2. The van der Waals surface area contributed by atoms with Crippen LogP contribution in [0.15, 0.2) is 0 Å². The quantitative estimate of drug-likeness (QED) is 0.618. The lowest BCUT2D eigenvalue weighted by Crippen LogP contribution is -2.44. The minimum atomic E-state index is 0.112. The number of nitrogens with zero attached hydrogens (tertiary/aromatic N) is 3. The van der Waals surface area contributed by atoms with Crippen molar-refractivity contribution in [3.05, 3.63) is 11.3 Å². The molecule has 18 heavy (non-hydrogen) atoms. The predicted octanol–water partition coefficient (Wildman–Crippen LogP) is 1.64. The molecule has 0 aliphatic carbocycles. The standard InChI is InChI=1S/C13H23N5/c1-8-6-5-7-18(10(8)3)13-11(12(14)15)9(2)16-17(13)4/h8,10H,5-7H2,1-4H3,(H3,14,15). The summed E-state index contributed by atoms with van der Waals surface area (Å²) in [5.41, 5.74) is 7.35. The molecule has 1 aliphatic heterocycles. The molecule has 5 nitrogen and oxygen atoms in total. The van der Waals surface area contributed by atoms with Gasteiger partial charge >= 0.3 is 0 Å². The summed E-state index contributed by atoms with van der Waals surface area (Å²) in [6.45, 7) is 7.46. The van der Waals surface area contributed by atoms with Crippen LogP contribution in [0.2, 0.25) is 0 Å². The second-order valence-corrected chi connectivity index (χ2v) is 5.37. The smallest absolute Gasteiger partial charge is 0.138 e. The van der Waals surface area contributed by atoms with Gasteiger partial charge in [0.2, 0.25) is 0 Å². The van der Waals surface area contributed by atoms with Gasteiger partial charge < -0.3 is 10.6 Å². The maximum Gasteiger partial charge on any atom is 0.138 e.